The summed E-state index contributed by atoms with van der Waals surface area (Å²) in [5.74, 6) is 2.29. The highest BCUT2D eigenvalue weighted by Crippen LogP contribution is 2.26. The molecule has 0 amide bonds. The van der Waals surface area contributed by atoms with Gasteiger partial charge in [0.2, 0.25) is 0 Å². The van der Waals surface area contributed by atoms with Crippen molar-refractivity contribution < 1.29 is 4.74 Å². The van der Waals surface area contributed by atoms with Gasteiger partial charge in [-0.15, -0.1) is 10.2 Å². The molecular formula is C18H17BrClN3OS. The maximum absolute atomic E-state index is 6.12. The average molecular weight is 439 g/mol. The molecule has 3 rings (SSSR count). The minimum Gasteiger partial charge on any atom is -0.484 e. The molecule has 0 aliphatic carbocycles. The summed E-state index contributed by atoms with van der Waals surface area (Å²) in [5, 5.41) is 10.1. The Kier molecular flexibility index (Phi) is 6.39. The van der Waals surface area contributed by atoms with Gasteiger partial charge in [-0.3, -0.25) is 0 Å². The van der Waals surface area contributed by atoms with Crippen LogP contribution in [0.3, 0.4) is 0 Å². The number of hydrogen-bond acceptors (Lipinski definition) is 4. The van der Waals surface area contributed by atoms with E-state index in [2.05, 4.69) is 49.8 Å². The SMILES string of the molecule is CCn1c(COc2ccccc2Cl)nnc1SCc1ccc(Br)cc1. The molecule has 1 heterocycles. The van der Waals surface area contributed by atoms with Crippen molar-refractivity contribution >= 4 is 39.3 Å². The predicted octanol–water partition coefficient (Wildman–Crippen LogP) is 5.59. The second-order valence-electron chi connectivity index (χ2n) is 5.28. The van der Waals surface area contributed by atoms with E-state index in [9.17, 15) is 0 Å². The number of ether oxygens (including phenoxy) is 1. The zero-order valence-electron chi connectivity index (χ0n) is 13.7. The third-order valence-electron chi connectivity index (χ3n) is 3.58. The molecule has 0 aliphatic rings. The van der Waals surface area contributed by atoms with Crippen molar-refractivity contribution in [3.8, 4) is 5.75 Å². The number of nitrogens with zero attached hydrogens (tertiary/aromatic N) is 3. The lowest BCUT2D eigenvalue weighted by molar-refractivity contribution is 0.288. The van der Waals surface area contributed by atoms with E-state index in [1.807, 2.05) is 30.3 Å². The van der Waals surface area contributed by atoms with Crippen LogP contribution in [0.5, 0.6) is 5.75 Å². The molecule has 25 heavy (non-hydrogen) atoms. The summed E-state index contributed by atoms with van der Waals surface area (Å²) in [6.45, 7) is 3.20. The van der Waals surface area contributed by atoms with E-state index in [0.29, 0.717) is 17.4 Å². The van der Waals surface area contributed by atoms with Crippen molar-refractivity contribution in [3.63, 3.8) is 0 Å². The highest BCUT2D eigenvalue weighted by Gasteiger charge is 2.12. The molecule has 2 aromatic carbocycles. The molecule has 0 spiro atoms. The Hall–Kier alpha value is -1.50. The Morgan fingerprint density at radius 1 is 1.12 bits per heavy atom. The third kappa shape index (κ3) is 4.77. The fourth-order valence-electron chi connectivity index (χ4n) is 2.28. The molecule has 0 radical (unpaired) electrons. The molecule has 7 heteroatoms. The molecular weight excluding hydrogens is 422 g/mol. The summed E-state index contributed by atoms with van der Waals surface area (Å²) >= 11 is 11.2. The lowest BCUT2D eigenvalue weighted by Crippen LogP contribution is -2.07. The number of para-hydroxylation sites is 1. The van der Waals surface area contributed by atoms with Gasteiger partial charge in [0, 0.05) is 16.8 Å². The van der Waals surface area contributed by atoms with Gasteiger partial charge in [0.15, 0.2) is 11.0 Å². The van der Waals surface area contributed by atoms with Crippen molar-refractivity contribution in [2.45, 2.75) is 31.0 Å². The Morgan fingerprint density at radius 2 is 1.88 bits per heavy atom. The lowest BCUT2D eigenvalue weighted by atomic mass is 10.2. The zero-order valence-corrected chi connectivity index (χ0v) is 16.8. The highest BCUT2D eigenvalue weighted by molar-refractivity contribution is 9.10. The normalized spacial score (nSPS) is 10.8. The molecule has 130 valence electrons. The van der Waals surface area contributed by atoms with E-state index >= 15 is 0 Å². The first-order valence-corrected chi connectivity index (χ1v) is 9.99. The van der Waals surface area contributed by atoms with Gasteiger partial charge in [0.05, 0.1) is 5.02 Å². The Balaban J connectivity index is 1.66. The van der Waals surface area contributed by atoms with Crippen molar-refractivity contribution in [1.82, 2.24) is 14.8 Å². The van der Waals surface area contributed by atoms with Crippen molar-refractivity contribution in [3.05, 3.63) is 69.4 Å². The first-order valence-electron chi connectivity index (χ1n) is 7.84. The van der Waals surface area contributed by atoms with Crippen molar-refractivity contribution in [2.75, 3.05) is 0 Å². The molecule has 0 aliphatic heterocycles. The second kappa shape index (κ2) is 8.74. The van der Waals surface area contributed by atoms with E-state index < -0.39 is 0 Å². The van der Waals surface area contributed by atoms with Crippen LogP contribution in [-0.2, 0) is 18.9 Å². The molecule has 0 bridgehead atoms. The number of hydrogen-bond donors (Lipinski definition) is 0. The second-order valence-corrected chi connectivity index (χ2v) is 7.54. The minimum absolute atomic E-state index is 0.337. The Morgan fingerprint density at radius 3 is 2.60 bits per heavy atom. The van der Waals surface area contributed by atoms with Crippen LogP contribution in [0.25, 0.3) is 0 Å². The molecule has 0 saturated heterocycles. The predicted molar refractivity (Wildman–Crippen MR) is 105 cm³/mol. The number of thioether (sulfide) groups is 1. The number of benzene rings is 2. The number of aromatic nitrogens is 3. The fourth-order valence-corrected chi connectivity index (χ4v) is 3.71. The first-order chi connectivity index (χ1) is 12.2. The van der Waals surface area contributed by atoms with E-state index in [-0.39, 0.29) is 0 Å². The van der Waals surface area contributed by atoms with Gasteiger partial charge in [-0.05, 0) is 36.8 Å². The third-order valence-corrected chi connectivity index (χ3v) is 5.46. The topological polar surface area (TPSA) is 39.9 Å². The van der Waals surface area contributed by atoms with Gasteiger partial charge in [0.25, 0.3) is 0 Å². The van der Waals surface area contributed by atoms with Crippen LogP contribution in [0.2, 0.25) is 5.02 Å². The standard InChI is InChI=1S/C18H17BrClN3OS/c1-2-23-17(11-24-16-6-4-3-5-15(16)20)21-22-18(23)25-12-13-7-9-14(19)10-8-13/h3-10H,2,11-12H2,1H3. The quantitative estimate of drug-likeness (QED) is 0.451. The molecule has 3 aromatic rings. The summed E-state index contributed by atoms with van der Waals surface area (Å²) in [5.41, 5.74) is 1.24. The maximum Gasteiger partial charge on any atom is 0.191 e. The molecule has 0 unspecified atom stereocenters. The summed E-state index contributed by atoms with van der Waals surface area (Å²) in [6, 6.07) is 15.7. The summed E-state index contributed by atoms with van der Waals surface area (Å²) < 4.78 is 8.94. The number of halogens is 2. The molecule has 4 nitrogen and oxygen atoms in total. The van der Waals surface area contributed by atoms with Crippen LogP contribution >= 0.6 is 39.3 Å². The summed E-state index contributed by atoms with van der Waals surface area (Å²) in [4.78, 5) is 0. The lowest BCUT2D eigenvalue weighted by Gasteiger charge is -2.09. The van der Waals surface area contributed by atoms with Crippen molar-refractivity contribution in [1.29, 1.82) is 0 Å². The van der Waals surface area contributed by atoms with Crippen LogP contribution in [-0.4, -0.2) is 14.8 Å². The van der Waals surface area contributed by atoms with E-state index in [1.165, 1.54) is 5.56 Å². The number of rotatable bonds is 7. The monoisotopic (exact) mass is 437 g/mol. The van der Waals surface area contributed by atoms with Gasteiger partial charge in [-0.2, -0.15) is 0 Å². The van der Waals surface area contributed by atoms with Crippen molar-refractivity contribution in [2.24, 2.45) is 0 Å². The van der Waals surface area contributed by atoms with Gasteiger partial charge < -0.3 is 9.30 Å². The van der Waals surface area contributed by atoms with Gasteiger partial charge in [-0.1, -0.05) is 63.6 Å². The average Bonchev–Trinajstić information content (AvgIpc) is 3.02. The largest absolute Gasteiger partial charge is 0.484 e. The van der Waals surface area contributed by atoms with Crippen LogP contribution < -0.4 is 4.74 Å². The van der Waals surface area contributed by atoms with Crippen LogP contribution in [0.15, 0.2) is 58.2 Å². The highest BCUT2D eigenvalue weighted by atomic mass is 79.9. The van der Waals surface area contributed by atoms with E-state index in [0.717, 1.165) is 27.8 Å². The fraction of sp³-hybridized carbons (Fsp3) is 0.222. The molecule has 0 fully saturated rings. The van der Waals surface area contributed by atoms with Crippen LogP contribution in [0.1, 0.15) is 18.3 Å². The van der Waals surface area contributed by atoms with Gasteiger partial charge >= 0.3 is 0 Å². The minimum atomic E-state index is 0.337. The molecule has 1 aromatic heterocycles. The Bertz CT molecular complexity index is 839. The van der Waals surface area contributed by atoms with Gasteiger partial charge in [0.1, 0.15) is 12.4 Å². The molecule has 0 N–H and O–H groups in total. The molecule has 0 saturated carbocycles. The summed E-state index contributed by atoms with van der Waals surface area (Å²) in [7, 11) is 0. The van der Waals surface area contributed by atoms with E-state index in [4.69, 9.17) is 16.3 Å². The van der Waals surface area contributed by atoms with Crippen LogP contribution in [0, 0.1) is 0 Å². The first kappa shape index (κ1) is 18.3. The Labute approximate surface area is 164 Å². The van der Waals surface area contributed by atoms with E-state index in [1.54, 1.807) is 17.8 Å². The maximum atomic E-state index is 6.12. The van der Waals surface area contributed by atoms with Gasteiger partial charge in [-0.25, -0.2) is 0 Å². The van der Waals surface area contributed by atoms with Crippen LogP contribution in [0.4, 0.5) is 0 Å². The summed E-state index contributed by atoms with van der Waals surface area (Å²) in [6.07, 6.45) is 0. The zero-order chi connectivity index (χ0) is 17.6. The smallest absolute Gasteiger partial charge is 0.191 e. The molecule has 0 atom stereocenters.